The highest BCUT2D eigenvalue weighted by atomic mass is 16.7. The number of carboxylic acids is 1. The van der Waals surface area contributed by atoms with E-state index in [1.807, 2.05) is 42.5 Å². The summed E-state index contributed by atoms with van der Waals surface area (Å²) in [4.78, 5) is 21.3. The van der Waals surface area contributed by atoms with Gasteiger partial charge in [0.15, 0.2) is 6.61 Å². The molecule has 0 saturated heterocycles. The van der Waals surface area contributed by atoms with Gasteiger partial charge < -0.3 is 9.84 Å². The second-order valence-corrected chi connectivity index (χ2v) is 8.76. The Morgan fingerprint density at radius 1 is 1.06 bits per heavy atom. The van der Waals surface area contributed by atoms with Gasteiger partial charge in [-0.1, -0.05) is 61.0 Å². The molecule has 3 aromatic rings. The van der Waals surface area contributed by atoms with Crippen LogP contribution in [0.3, 0.4) is 0 Å². The Balaban J connectivity index is 1.39. The Morgan fingerprint density at radius 2 is 1.83 bits per heavy atom. The number of benzene rings is 2. The monoisotopic (exact) mass is 472 g/mol. The summed E-state index contributed by atoms with van der Waals surface area (Å²) in [5, 5.41) is 8.92. The molecule has 2 unspecified atom stereocenters. The van der Waals surface area contributed by atoms with Gasteiger partial charge in [0.2, 0.25) is 0 Å². The average Bonchev–Trinajstić information content (AvgIpc) is 2.90. The summed E-state index contributed by atoms with van der Waals surface area (Å²) in [6.07, 6.45) is 10.1. The minimum Gasteiger partial charge on any atom is -0.482 e. The van der Waals surface area contributed by atoms with E-state index in [1.54, 1.807) is 12.4 Å². The largest absolute Gasteiger partial charge is 0.482 e. The van der Waals surface area contributed by atoms with Crippen LogP contribution in [0.4, 0.5) is 0 Å². The van der Waals surface area contributed by atoms with Crippen molar-refractivity contribution in [3.8, 4) is 5.75 Å². The predicted octanol–water partition coefficient (Wildman–Crippen LogP) is 5.44. The van der Waals surface area contributed by atoms with E-state index in [-0.39, 0.29) is 18.8 Å². The Kier molecular flexibility index (Phi) is 8.65. The topological polar surface area (TPSA) is 80.7 Å². The van der Waals surface area contributed by atoms with Crippen LogP contribution in [0.25, 0.3) is 0 Å². The third-order valence-electron chi connectivity index (χ3n) is 6.34. The molecule has 6 nitrogen and oxygen atoms in total. The second-order valence-electron chi connectivity index (χ2n) is 8.76. The zero-order valence-electron chi connectivity index (χ0n) is 20.0. The van der Waals surface area contributed by atoms with E-state index in [1.165, 1.54) is 11.1 Å². The molecule has 1 aliphatic rings. The van der Waals surface area contributed by atoms with Crippen LogP contribution in [0, 0.1) is 0 Å². The molecule has 35 heavy (non-hydrogen) atoms. The molecule has 4 rings (SSSR count). The minimum atomic E-state index is -0.960. The van der Waals surface area contributed by atoms with Crippen molar-refractivity contribution in [2.45, 2.75) is 51.2 Å². The van der Waals surface area contributed by atoms with E-state index < -0.39 is 5.97 Å². The van der Waals surface area contributed by atoms with Crippen molar-refractivity contribution in [3.05, 3.63) is 107 Å². The van der Waals surface area contributed by atoms with E-state index in [2.05, 4.69) is 41.7 Å². The molecule has 0 amide bonds. The lowest BCUT2D eigenvalue weighted by molar-refractivity contribution is -0.139. The summed E-state index contributed by atoms with van der Waals surface area (Å²) in [6, 6.07) is 20.2. The maximum atomic E-state index is 10.9. The first-order valence-electron chi connectivity index (χ1n) is 12.1. The fraction of sp³-hybridized carbons (Fsp3) is 0.310. The van der Waals surface area contributed by atoms with Crippen molar-refractivity contribution in [1.82, 2.24) is 10.5 Å². The van der Waals surface area contributed by atoms with Crippen molar-refractivity contribution >= 4 is 5.97 Å². The van der Waals surface area contributed by atoms with Crippen LogP contribution < -0.4 is 10.2 Å². The van der Waals surface area contributed by atoms with Crippen molar-refractivity contribution in [2.24, 2.45) is 0 Å². The van der Waals surface area contributed by atoms with Gasteiger partial charge in [-0.15, -0.1) is 0 Å². The van der Waals surface area contributed by atoms with Gasteiger partial charge in [0.25, 0.3) is 0 Å². The minimum absolute atomic E-state index is 0.183. The molecule has 6 heteroatoms. The number of nitrogens with one attached hydrogen (secondary N) is 1. The molecule has 1 heterocycles. The number of carboxylic acid groups (broad SMARTS) is 1. The van der Waals surface area contributed by atoms with E-state index in [4.69, 9.17) is 14.7 Å². The number of pyridine rings is 1. The van der Waals surface area contributed by atoms with Crippen LogP contribution in [0.5, 0.6) is 5.75 Å². The first kappa shape index (κ1) is 24.6. The highest BCUT2D eigenvalue weighted by Gasteiger charge is 2.19. The molecule has 1 aliphatic carbocycles. The van der Waals surface area contributed by atoms with Gasteiger partial charge in [-0.2, -0.15) is 5.48 Å². The molecule has 0 bridgehead atoms. The van der Waals surface area contributed by atoms with Crippen LogP contribution >= 0.6 is 0 Å². The zero-order valence-corrected chi connectivity index (χ0v) is 20.0. The van der Waals surface area contributed by atoms with Gasteiger partial charge in [0, 0.05) is 18.4 Å². The third kappa shape index (κ3) is 6.78. The molecule has 2 N–H and O–H groups in total. The van der Waals surface area contributed by atoms with Crippen molar-refractivity contribution in [3.63, 3.8) is 0 Å². The fourth-order valence-corrected chi connectivity index (χ4v) is 4.39. The lowest BCUT2D eigenvalue weighted by Gasteiger charge is -2.24. The molecule has 0 fully saturated rings. The summed E-state index contributed by atoms with van der Waals surface area (Å²) in [5.74, 6) is -0.272. The second kappa shape index (κ2) is 12.3. The molecule has 2 atom stereocenters. The van der Waals surface area contributed by atoms with Gasteiger partial charge >= 0.3 is 5.97 Å². The Labute approximate surface area is 206 Å². The molecule has 1 aromatic heterocycles. The van der Waals surface area contributed by atoms with Crippen LogP contribution in [0.15, 0.2) is 84.7 Å². The number of nitrogens with zero attached hydrogens (tertiary/aromatic N) is 1. The fourth-order valence-electron chi connectivity index (χ4n) is 4.39. The number of hydrogen-bond acceptors (Lipinski definition) is 5. The molecule has 0 radical (unpaired) electrons. The van der Waals surface area contributed by atoms with E-state index in [0.717, 1.165) is 48.8 Å². The van der Waals surface area contributed by atoms with Crippen LogP contribution in [0.2, 0.25) is 0 Å². The Morgan fingerprint density at radius 3 is 2.57 bits per heavy atom. The Hall–Kier alpha value is -3.48. The molecule has 0 aliphatic heterocycles. The number of hydrogen-bond donors (Lipinski definition) is 2. The maximum Gasteiger partial charge on any atom is 0.341 e. The maximum absolute atomic E-state index is 10.9. The summed E-state index contributed by atoms with van der Waals surface area (Å²) in [6.45, 7) is 1.85. The van der Waals surface area contributed by atoms with Crippen molar-refractivity contribution in [1.29, 1.82) is 0 Å². The summed E-state index contributed by atoms with van der Waals surface area (Å²) in [7, 11) is 0. The first-order valence-corrected chi connectivity index (χ1v) is 12.1. The molecule has 0 spiro atoms. The SMILES string of the molecule is CCC(CC=C1CCc2c(cccc2OCC(=O)O)C1)NOC(c1ccccc1)c1ccncc1. The number of aromatic nitrogens is 1. The lowest BCUT2D eigenvalue weighted by atomic mass is 9.86. The van der Waals surface area contributed by atoms with Gasteiger partial charge in [0.05, 0.1) is 0 Å². The normalized spacial score (nSPS) is 15.9. The van der Waals surface area contributed by atoms with Gasteiger partial charge in [-0.25, -0.2) is 4.79 Å². The van der Waals surface area contributed by atoms with E-state index in [9.17, 15) is 4.79 Å². The highest BCUT2D eigenvalue weighted by molar-refractivity contribution is 5.68. The summed E-state index contributed by atoms with van der Waals surface area (Å²) < 4.78 is 5.49. The molecule has 2 aromatic carbocycles. The number of allylic oxidation sites excluding steroid dienone is 1. The Bertz CT molecular complexity index is 1090. The molecular weight excluding hydrogens is 440 g/mol. The predicted molar refractivity (Wildman–Crippen MR) is 135 cm³/mol. The molecular formula is C29H32N2O4. The number of fused-ring (bicyclic) bond motifs is 1. The standard InChI is InChI=1S/C29H32N2O4/c1-2-25(31-35-29(22-7-4-3-5-8-22)23-15-17-30-18-16-23)13-11-21-12-14-26-24(19-21)9-6-10-27(26)34-20-28(32)33/h3-11,15-18,25,29,31H,2,12-14,19-20H2,1H3,(H,32,33). The number of rotatable bonds is 11. The van der Waals surface area contributed by atoms with Gasteiger partial charge in [-0.3, -0.25) is 9.82 Å². The van der Waals surface area contributed by atoms with E-state index in [0.29, 0.717) is 5.75 Å². The zero-order chi connectivity index (χ0) is 24.5. The number of hydroxylamine groups is 1. The quantitative estimate of drug-likeness (QED) is 0.286. The number of carbonyl (C=O) groups is 1. The molecule has 182 valence electrons. The van der Waals surface area contributed by atoms with Crippen LogP contribution in [0.1, 0.15) is 54.5 Å². The lowest BCUT2D eigenvalue weighted by Crippen LogP contribution is -2.30. The summed E-state index contributed by atoms with van der Waals surface area (Å²) >= 11 is 0. The van der Waals surface area contributed by atoms with Gasteiger partial charge in [-0.05, 0) is 72.6 Å². The summed E-state index contributed by atoms with van der Waals surface area (Å²) in [5.41, 5.74) is 9.19. The van der Waals surface area contributed by atoms with Crippen LogP contribution in [-0.4, -0.2) is 28.7 Å². The van der Waals surface area contributed by atoms with Crippen molar-refractivity contribution in [2.75, 3.05) is 6.61 Å². The van der Waals surface area contributed by atoms with Crippen LogP contribution in [-0.2, 0) is 22.5 Å². The third-order valence-corrected chi connectivity index (χ3v) is 6.34. The number of aliphatic carboxylic acids is 1. The molecule has 0 saturated carbocycles. The van der Waals surface area contributed by atoms with E-state index >= 15 is 0 Å². The smallest absolute Gasteiger partial charge is 0.341 e. The van der Waals surface area contributed by atoms with Crippen molar-refractivity contribution < 1.29 is 19.5 Å². The number of ether oxygens (including phenoxy) is 1. The average molecular weight is 473 g/mol. The van der Waals surface area contributed by atoms with Gasteiger partial charge in [0.1, 0.15) is 11.9 Å². The highest BCUT2D eigenvalue weighted by Crippen LogP contribution is 2.32. The first-order chi connectivity index (χ1) is 17.1.